The second-order valence-electron chi connectivity index (χ2n) is 4.95. The molecule has 94 valence electrons. The maximum atomic E-state index is 11.0. The Morgan fingerprint density at radius 2 is 2.00 bits per heavy atom. The molecule has 0 aromatic carbocycles. The van der Waals surface area contributed by atoms with Gasteiger partial charge in [0.1, 0.15) is 0 Å². The maximum Gasteiger partial charge on any atom is 0.219 e. The fourth-order valence-electron chi connectivity index (χ4n) is 2.46. The van der Waals surface area contributed by atoms with Crippen LogP contribution in [0.5, 0.6) is 0 Å². The second kappa shape index (κ2) is 7.66. The first-order valence-corrected chi connectivity index (χ1v) is 6.68. The van der Waals surface area contributed by atoms with Crippen LogP contribution in [-0.4, -0.2) is 25.5 Å². The molecule has 2 N–H and O–H groups in total. The van der Waals surface area contributed by atoms with Gasteiger partial charge < -0.3 is 10.6 Å². The van der Waals surface area contributed by atoms with Crippen molar-refractivity contribution in [1.29, 1.82) is 0 Å². The number of rotatable bonds is 5. The van der Waals surface area contributed by atoms with Crippen molar-refractivity contribution in [3.05, 3.63) is 0 Å². The Bertz CT molecular complexity index is 206. The van der Waals surface area contributed by atoms with Crippen LogP contribution < -0.4 is 10.6 Å². The predicted molar refractivity (Wildman–Crippen MR) is 67.3 cm³/mol. The van der Waals surface area contributed by atoms with Crippen LogP contribution in [0.15, 0.2) is 0 Å². The normalized spacial score (nSPS) is 26.1. The summed E-state index contributed by atoms with van der Waals surface area (Å²) in [5.74, 6) is 0.943. The van der Waals surface area contributed by atoms with Crippen LogP contribution in [0.25, 0.3) is 0 Å². The van der Waals surface area contributed by atoms with Crippen LogP contribution in [0.4, 0.5) is 0 Å². The van der Waals surface area contributed by atoms with Crippen molar-refractivity contribution in [2.75, 3.05) is 13.6 Å². The number of nitrogens with one attached hydrogen (secondary N) is 2. The van der Waals surface area contributed by atoms with E-state index in [1.165, 1.54) is 32.1 Å². The Kier molecular flexibility index (Phi) is 6.46. The van der Waals surface area contributed by atoms with Gasteiger partial charge in [0.25, 0.3) is 0 Å². The zero-order chi connectivity index (χ0) is 11.8. The van der Waals surface area contributed by atoms with Crippen LogP contribution >= 0.6 is 0 Å². The molecule has 1 aliphatic rings. The van der Waals surface area contributed by atoms with Crippen LogP contribution in [0.3, 0.4) is 0 Å². The van der Waals surface area contributed by atoms with Crippen LogP contribution in [-0.2, 0) is 4.79 Å². The highest BCUT2D eigenvalue weighted by atomic mass is 16.1. The Hall–Kier alpha value is -0.570. The van der Waals surface area contributed by atoms with Gasteiger partial charge in [-0.3, -0.25) is 4.79 Å². The summed E-state index contributed by atoms with van der Waals surface area (Å²) in [6.45, 7) is 3.32. The van der Waals surface area contributed by atoms with Gasteiger partial charge in [-0.05, 0) is 31.7 Å². The van der Waals surface area contributed by atoms with E-state index in [2.05, 4.69) is 17.6 Å². The second-order valence-corrected chi connectivity index (χ2v) is 4.95. The largest absolute Gasteiger partial charge is 0.359 e. The van der Waals surface area contributed by atoms with E-state index in [9.17, 15) is 4.79 Å². The molecule has 0 aliphatic heterocycles. The lowest BCUT2D eigenvalue weighted by Gasteiger charge is -2.22. The van der Waals surface area contributed by atoms with E-state index in [0.29, 0.717) is 12.5 Å². The van der Waals surface area contributed by atoms with E-state index in [4.69, 9.17) is 0 Å². The molecule has 0 saturated heterocycles. The molecule has 1 rings (SSSR count). The molecule has 1 aliphatic carbocycles. The van der Waals surface area contributed by atoms with Gasteiger partial charge in [-0.15, -0.1) is 0 Å². The first-order chi connectivity index (χ1) is 7.74. The van der Waals surface area contributed by atoms with Gasteiger partial charge in [-0.2, -0.15) is 0 Å². The first-order valence-electron chi connectivity index (χ1n) is 6.68. The lowest BCUT2D eigenvalue weighted by Crippen LogP contribution is -2.35. The SMILES string of the molecule is CNC(=O)CCCNC1CCCCCC1C. The minimum absolute atomic E-state index is 0.149. The fraction of sp³-hybridized carbons (Fsp3) is 0.923. The number of carbonyl (C=O) groups excluding carboxylic acids is 1. The van der Waals surface area contributed by atoms with E-state index < -0.39 is 0 Å². The minimum atomic E-state index is 0.149. The van der Waals surface area contributed by atoms with Crippen LogP contribution in [0.2, 0.25) is 0 Å². The van der Waals surface area contributed by atoms with Gasteiger partial charge in [0.05, 0.1) is 0 Å². The van der Waals surface area contributed by atoms with E-state index in [1.807, 2.05) is 0 Å². The van der Waals surface area contributed by atoms with Gasteiger partial charge in [0, 0.05) is 19.5 Å². The van der Waals surface area contributed by atoms with E-state index in [1.54, 1.807) is 7.05 Å². The summed E-state index contributed by atoms with van der Waals surface area (Å²) >= 11 is 0. The molecule has 0 aromatic rings. The minimum Gasteiger partial charge on any atom is -0.359 e. The molecule has 0 bridgehead atoms. The van der Waals surface area contributed by atoms with Gasteiger partial charge in [0.2, 0.25) is 5.91 Å². The Morgan fingerprint density at radius 1 is 1.25 bits per heavy atom. The summed E-state index contributed by atoms with van der Waals surface area (Å²) in [4.78, 5) is 11.0. The third-order valence-corrected chi connectivity index (χ3v) is 3.63. The first kappa shape index (κ1) is 13.5. The Morgan fingerprint density at radius 3 is 2.75 bits per heavy atom. The summed E-state index contributed by atoms with van der Waals surface area (Å²) in [5, 5.41) is 6.27. The average molecular weight is 226 g/mol. The van der Waals surface area contributed by atoms with Crippen molar-refractivity contribution in [2.45, 2.75) is 57.9 Å². The molecule has 2 atom stereocenters. The number of hydrogen-bond acceptors (Lipinski definition) is 2. The van der Waals surface area contributed by atoms with Gasteiger partial charge >= 0.3 is 0 Å². The van der Waals surface area contributed by atoms with E-state index in [0.717, 1.165) is 18.9 Å². The standard InChI is InChI=1S/C13H26N2O/c1-11-7-4-3-5-8-12(11)15-10-6-9-13(16)14-2/h11-12,15H,3-10H2,1-2H3,(H,14,16). The summed E-state index contributed by atoms with van der Waals surface area (Å²) in [7, 11) is 1.70. The van der Waals surface area contributed by atoms with Gasteiger partial charge in [0.15, 0.2) is 0 Å². The Labute approximate surface area is 99.4 Å². The number of carbonyl (C=O) groups is 1. The average Bonchev–Trinajstić information content (AvgIpc) is 2.49. The molecule has 0 spiro atoms. The van der Waals surface area contributed by atoms with Crippen molar-refractivity contribution in [3.8, 4) is 0 Å². The smallest absolute Gasteiger partial charge is 0.219 e. The molecule has 1 saturated carbocycles. The van der Waals surface area contributed by atoms with Gasteiger partial charge in [-0.25, -0.2) is 0 Å². The molecule has 0 aromatic heterocycles. The van der Waals surface area contributed by atoms with E-state index in [-0.39, 0.29) is 5.91 Å². The third-order valence-electron chi connectivity index (χ3n) is 3.63. The summed E-state index contributed by atoms with van der Waals surface area (Å²) in [6, 6.07) is 0.673. The molecule has 3 heteroatoms. The maximum absolute atomic E-state index is 11.0. The molecular formula is C13H26N2O. The fourth-order valence-corrected chi connectivity index (χ4v) is 2.46. The highest BCUT2D eigenvalue weighted by Gasteiger charge is 2.18. The highest BCUT2D eigenvalue weighted by Crippen LogP contribution is 2.22. The molecule has 1 fully saturated rings. The summed E-state index contributed by atoms with van der Waals surface area (Å²) < 4.78 is 0. The predicted octanol–water partition coefficient (Wildman–Crippen LogP) is 2.07. The van der Waals surface area contributed by atoms with Gasteiger partial charge in [-0.1, -0.05) is 26.2 Å². The number of amides is 1. The molecule has 3 nitrogen and oxygen atoms in total. The molecular weight excluding hydrogens is 200 g/mol. The lowest BCUT2D eigenvalue weighted by molar-refractivity contribution is -0.120. The molecule has 1 amide bonds. The highest BCUT2D eigenvalue weighted by molar-refractivity contribution is 5.75. The topological polar surface area (TPSA) is 41.1 Å². The lowest BCUT2D eigenvalue weighted by atomic mass is 9.97. The van der Waals surface area contributed by atoms with Crippen LogP contribution in [0.1, 0.15) is 51.9 Å². The van der Waals surface area contributed by atoms with Crippen molar-refractivity contribution in [3.63, 3.8) is 0 Å². The van der Waals surface area contributed by atoms with Crippen molar-refractivity contribution in [2.24, 2.45) is 5.92 Å². The molecule has 2 unspecified atom stereocenters. The van der Waals surface area contributed by atoms with Crippen molar-refractivity contribution < 1.29 is 4.79 Å². The van der Waals surface area contributed by atoms with Crippen molar-refractivity contribution >= 4 is 5.91 Å². The van der Waals surface area contributed by atoms with Crippen LogP contribution in [0, 0.1) is 5.92 Å². The summed E-state index contributed by atoms with van der Waals surface area (Å²) in [5.41, 5.74) is 0. The van der Waals surface area contributed by atoms with E-state index >= 15 is 0 Å². The zero-order valence-corrected chi connectivity index (χ0v) is 10.7. The molecule has 16 heavy (non-hydrogen) atoms. The molecule has 0 heterocycles. The number of hydrogen-bond donors (Lipinski definition) is 2. The summed E-state index contributed by atoms with van der Waals surface area (Å²) in [6.07, 6.45) is 8.39. The zero-order valence-electron chi connectivity index (χ0n) is 10.7. The quantitative estimate of drug-likeness (QED) is 0.556. The molecule has 0 radical (unpaired) electrons. The van der Waals surface area contributed by atoms with Crippen molar-refractivity contribution in [1.82, 2.24) is 10.6 Å². The monoisotopic (exact) mass is 226 g/mol. The third kappa shape index (κ3) is 4.97. The Balaban J connectivity index is 2.12.